The van der Waals surface area contributed by atoms with Gasteiger partial charge in [0.2, 0.25) is 0 Å². The number of hydrogen-bond donors (Lipinski definition) is 0. The molecule has 0 spiro atoms. The molecule has 1 unspecified atom stereocenters. The summed E-state index contributed by atoms with van der Waals surface area (Å²) in [6, 6.07) is 23.6. The van der Waals surface area contributed by atoms with Crippen molar-refractivity contribution in [3.63, 3.8) is 0 Å². The van der Waals surface area contributed by atoms with Crippen LogP contribution in [-0.2, 0) is 22.4 Å². The van der Waals surface area contributed by atoms with Crippen molar-refractivity contribution >= 4 is 17.5 Å². The molecule has 0 bridgehead atoms. The molecule has 0 saturated heterocycles. The van der Waals surface area contributed by atoms with Crippen LogP contribution in [0.4, 0.5) is 0 Å². The predicted molar refractivity (Wildman–Crippen MR) is 123 cm³/mol. The van der Waals surface area contributed by atoms with Crippen LogP contribution in [0.1, 0.15) is 58.2 Å². The minimum atomic E-state index is -1.30. The average Bonchev–Trinajstić information content (AvgIpc) is 3.06. The second-order valence-electron chi connectivity index (χ2n) is 9.32. The molecule has 162 valence electrons. The summed E-state index contributed by atoms with van der Waals surface area (Å²) in [5, 5.41) is 0. The number of carbonyl (C=O) groups is 3. The highest BCUT2D eigenvalue weighted by Crippen LogP contribution is 2.41. The summed E-state index contributed by atoms with van der Waals surface area (Å²) in [4.78, 5) is 39.5. The third-order valence-corrected chi connectivity index (χ3v) is 5.74. The summed E-state index contributed by atoms with van der Waals surface area (Å²) < 4.78 is 5.70. The Labute approximate surface area is 188 Å². The monoisotopic (exact) mass is 426 g/mol. The normalized spacial score (nSPS) is 17.7. The third kappa shape index (κ3) is 4.13. The number of benzene rings is 3. The summed E-state index contributed by atoms with van der Waals surface area (Å²) in [7, 11) is 0. The Kier molecular flexibility index (Phi) is 5.55. The van der Waals surface area contributed by atoms with Crippen LogP contribution in [0.5, 0.6) is 0 Å². The third-order valence-electron chi connectivity index (χ3n) is 5.74. The molecule has 4 rings (SSSR count). The van der Waals surface area contributed by atoms with Gasteiger partial charge in [0.05, 0.1) is 0 Å². The van der Waals surface area contributed by atoms with E-state index in [0.29, 0.717) is 23.1 Å². The van der Waals surface area contributed by atoms with Gasteiger partial charge >= 0.3 is 5.97 Å². The number of esters is 1. The molecule has 4 nitrogen and oxygen atoms in total. The summed E-state index contributed by atoms with van der Waals surface area (Å²) in [6.07, 6.45) is 0.525. The van der Waals surface area contributed by atoms with Crippen LogP contribution in [-0.4, -0.2) is 23.1 Å². The number of hydrogen-bond acceptors (Lipinski definition) is 4. The van der Waals surface area contributed by atoms with Gasteiger partial charge in [-0.15, -0.1) is 0 Å². The minimum absolute atomic E-state index is 0.0663. The molecule has 3 aromatic rings. The van der Waals surface area contributed by atoms with E-state index in [1.54, 1.807) is 51.1 Å². The summed E-state index contributed by atoms with van der Waals surface area (Å²) in [6.45, 7) is 5.40. The highest BCUT2D eigenvalue weighted by molar-refractivity contribution is 6.16. The zero-order valence-corrected chi connectivity index (χ0v) is 18.6. The highest BCUT2D eigenvalue weighted by Gasteiger charge is 2.53. The van der Waals surface area contributed by atoms with Crippen LogP contribution in [0.25, 0.3) is 0 Å². The Morgan fingerprint density at radius 3 is 2.06 bits per heavy atom. The molecule has 0 saturated carbocycles. The maximum atomic E-state index is 13.5. The van der Waals surface area contributed by atoms with Crippen molar-refractivity contribution in [3.05, 3.63) is 107 Å². The molecule has 0 fully saturated rings. The van der Waals surface area contributed by atoms with Gasteiger partial charge in [-0.2, -0.15) is 0 Å². The van der Waals surface area contributed by atoms with Crippen LogP contribution >= 0.6 is 0 Å². The maximum Gasteiger partial charge on any atom is 0.321 e. The smallest absolute Gasteiger partial charge is 0.321 e. The molecular formula is C28H26O4. The number of Topliss-reactive ketones (excluding diaryl/α,β-unsaturated/α-hetero) is 1. The van der Waals surface area contributed by atoms with Crippen LogP contribution in [0, 0.1) is 5.41 Å². The van der Waals surface area contributed by atoms with Crippen LogP contribution < -0.4 is 0 Å². The van der Waals surface area contributed by atoms with Gasteiger partial charge in [0.25, 0.3) is 0 Å². The molecule has 3 aromatic carbocycles. The van der Waals surface area contributed by atoms with Gasteiger partial charge in [0, 0.05) is 16.7 Å². The van der Waals surface area contributed by atoms with Crippen molar-refractivity contribution in [2.75, 3.05) is 0 Å². The van der Waals surface area contributed by atoms with Gasteiger partial charge in [0.1, 0.15) is 11.0 Å². The standard InChI is InChI=1S/C28H26O4/c1-27(2,3)32-26(31)28(18-22-11-7-8-12-23(22)25(28)30)17-19-13-15-21(16-14-19)24(29)20-9-5-4-6-10-20/h4-16H,17-18H2,1-3H3. The summed E-state index contributed by atoms with van der Waals surface area (Å²) in [5.74, 6) is -0.772. The van der Waals surface area contributed by atoms with Crippen molar-refractivity contribution in [2.45, 2.75) is 39.2 Å². The molecule has 1 aliphatic carbocycles. The SMILES string of the molecule is CC(C)(C)OC(=O)C1(Cc2ccc(C(=O)c3ccccc3)cc2)Cc2ccccc2C1=O. The van der Waals surface area contributed by atoms with E-state index in [1.165, 1.54) is 0 Å². The van der Waals surface area contributed by atoms with E-state index in [1.807, 2.05) is 48.5 Å². The first-order chi connectivity index (χ1) is 15.2. The van der Waals surface area contributed by atoms with Crippen molar-refractivity contribution < 1.29 is 19.1 Å². The molecular weight excluding hydrogens is 400 g/mol. The molecule has 0 heterocycles. The number of ether oxygens (including phenoxy) is 1. The highest BCUT2D eigenvalue weighted by atomic mass is 16.6. The van der Waals surface area contributed by atoms with E-state index in [9.17, 15) is 14.4 Å². The molecule has 0 aliphatic heterocycles. The lowest BCUT2D eigenvalue weighted by Gasteiger charge is -2.30. The van der Waals surface area contributed by atoms with Gasteiger partial charge < -0.3 is 4.74 Å². The fourth-order valence-corrected chi connectivity index (χ4v) is 4.19. The van der Waals surface area contributed by atoms with Crippen molar-refractivity contribution in [2.24, 2.45) is 5.41 Å². The number of fused-ring (bicyclic) bond motifs is 1. The summed E-state index contributed by atoms with van der Waals surface area (Å²) >= 11 is 0. The molecule has 0 aromatic heterocycles. The Hall–Kier alpha value is -3.53. The lowest BCUT2D eigenvalue weighted by molar-refractivity contribution is -0.164. The molecule has 0 amide bonds. The van der Waals surface area contributed by atoms with Crippen molar-refractivity contribution in [1.82, 2.24) is 0 Å². The topological polar surface area (TPSA) is 60.4 Å². The predicted octanol–water partition coefficient (Wildman–Crippen LogP) is 5.23. The zero-order chi connectivity index (χ0) is 22.9. The van der Waals surface area contributed by atoms with E-state index >= 15 is 0 Å². The Bertz CT molecular complexity index is 1170. The largest absolute Gasteiger partial charge is 0.459 e. The van der Waals surface area contributed by atoms with Crippen molar-refractivity contribution in [1.29, 1.82) is 0 Å². The van der Waals surface area contributed by atoms with Gasteiger partial charge in [-0.25, -0.2) is 0 Å². The Balaban J connectivity index is 1.65. The first-order valence-corrected chi connectivity index (χ1v) is 10.7. The fraction of sp³-hybridized carbons (Fsp3) is 0.250. The van der Waals surface area contributed by atoms with E-state index < -0.39 is 17.0 Å². The van der Waals surface area contributed by atoms with Gasteiger partial charge in [-0.05, 0) is 44.7 Å². The van der Waals surface area contributed by atoms with E-state index in [0.717, 1.165) is 11.1 Å². The number of ketones is 2. The van der Waals surface area contributed by atoms with Gasteiger partial charge in [0.15, 0.2) is 11.6 Å². The van der Waals surface area contributed by atoms with E-state index in [2.05, 4.69) is 0 Å². The molecule has 32 heavy (non-hydrogen) atoms. The Morgan fingerprint density at radius 1 is 0.844 bits per heavy atom. The molecule has 1 aliphatic rings. The lowest BCUT2D eigenvalue weighted by atomic mass is 9.77. The lowest BCUT2D eigenvalue weighted by Crippen LogP contribution is -2.43. The van der Waals surface area contributed by atoms with E-state index in [4.69, 9.17) is 4.74 Å². The van der Waals surface area contributed by atoms with E-state index in [-0.39, 0.29) is 18.0 Å². The van der Waals surface area contributed by atoms with Crippen LogP contribution in [0.3, 0.4) is 0 Å². The van der Waals surface area contributed by atoms with Crippen LogP contribution in [0.15, 0.2) is 78.9 Å². The maximum absolute atomic E-state index is 13.5. The fourth-order valence-electron chi connectivity index (χ4n) is 4.19. The first kappa shape index (κ1) is 21.7. The summed E-state index contributed by atoms with van der Waals surface area (Å²) in [5.41, 5.74) is 1.42. The second kappa shape index (κ2) is 8.19. The molecule has 4 heteroatoms. The molecule has 0 radical (unpaired) electrons. The number of carbonyl (C=O) groups excluding carboxylic acids is 3. The van der Waals surface area contributed by atoms with Gasteiger partial charge in [-0.1, -0.05) is 78.9 Å². The first-order valence-electron chi connectivity index (χ1n) is 10.7. The number of rotatable bonds is 5. The average molecular weight is 427 g/mol. The van der Waals surface area contributed by atoms with Crippen molar-refractivity contribution in [3.8, 4) is 0 Å². The molecule has 0 N–H and O–H groups in total. The second-order valence-corrected chi connectivity index (χ2v) is 9.32. The Morgan fingerprint density at radius 2 is 1.44 bits per heavy atom. The minimum Gasteiger partial charge on any atom is -0.459 e. The van der Waals surface area contributed by atoms with Gasteiger partial charge in [-0.3, -0.25) is 14.4 Å². The van der Waals surface area contributed by atoms with Crippen LogP contribution in [0.2, 0.25) is 0 Å². The quantitative estimate of drug-likeness (QED) is 0.319. The molecule has 1 atom stereocenters. The zero-order valence-electron chi connectivity index (χ0n) is 18.6.